The Bertz CT molecular complexity index is 778. The van der Waals surface area contributed by atoms with E-state index in [2.05, 4.69) is 15.5 Å². The van der Waals surface area contributed by atoms with Gasteiger partial charge < -0.3 is 11.2 Å². The summed E-state index contributed by atoms with van der Waals surface area (Å²) in [7, 11) is 0. The molecule has 0 radical (unpaired) electrons. The predicted molar refractivity (Wildman–Crippen MR) is 86.7 cm³/mol. The van der Waals surface area contributed by atoms with E-state index in [1.807, 2.05) is 13.0 Å². The number of benzene rings is 1. The lowest BCUT2D eigenvalue weighted by Gasteiger charge is -2.09. The average molecular weight is 340 g/mol. The molecule has 3 N–H and O–H groups in total. The zero-order valence-electron chi connectivity index (χ0n) is 12.0. The van der Waals surface area contributed by atoms with Crippen LogP contribution in [0.5, 0.6) is 0 Å². The largest absolute Gasteiger partial charge is 0.334 e. The number of amides is 1. The summed E-state index contributed by atoms with van der Waals surface area (Å²) in [4.78, 5) is 23.6. The van der Waals surface area contributed by atoms with E-state index in [9.17, 15) is 9.59 Å². The third kappa shape index (κ3) is 3.77. The monoisotopic (exact) mass is 339 g/mol. The first-order chi connectivity index (χ1) is 10.4. The van der Waals surface area contributed by atoms with Gasteiger partial charge >= 0.3 is 0 Å². The highest BCUT2D eigenvalue weighted by molar-refractivity contribution is 7.99. The maximum atomic E-state index is 12.0. The standard InChI is InChI=1S/C13H14ClN5O2S/c1-7-3-4-9(14)5-10(7)16-11(20)6-22-13-18-17-8(2)12(21)19(13)15/h3-5H,6,15H2,1-2H3,(H,16,20). The molecule has 1 heterocycles. The quantitative estimate of drug-likeness (QED) is 0.644. The molecule has 0 saturated carbocycles. The molecule has 1 aromatic carbocycles. The van der Waals surface area contributed by atoms with Crippen LogP contribution in [0.15, 0.2) is 28.2 Å². The van der Waals surface area contributed by atoms with Crippen LogP contribution in [0, 0.1) is 13.8 Å². The number of aromatic nitrogens is 3. The number of nitrogens with one attached hydrogen (secondary N) is 1. The summed E-state index contributed by atoms with van der Waals surface area (Å²) in [5.41, 5.74) is 1.29. The highest BCUT2D eigenvalue weighted by Gasteiger charge is 2.11. The Morgan fingerprint density at radius 1 is 1.41 bits per heavy atom. The minimum absolute atomic E-state index is 0.0420. The van der Waals surface area contributed by atoms with E-state index in [-0.39, 0.29) is 22.5 Å². The molecule has 0 spiro atoms. The van der Waals surface area contributed by atoms with Gasteiger partial charge in [-0.3, -0.25) is 9.59 Å². The summed E-state index contributed by atoms with van der Waals surface area (Å²) < 4.78 is 0.880. The van der Waals surface area contributed by atoms with Crippen LogP contribution in [0.1, 0.15) is 11.3 Å². The number of halogens is 1. The van der Waals surface area contributed by atoms with Gasteiger partial charge in [0, 0.05) is 10.7 Å². The first-order valence-electron chi connectivity index (χ1n) is 6.28. The predicted octanol–water partition coefficient (Wildman–Crippen LogP) is 1.35. The van der Waals surface area contributed by atoms with Gasteiger partial charge in [0.25, 0.3) is 5.56 Å². The molecule has 0 unspecified atom stereocenters. The molecule has 0 fully saturated rings. The Hall–Kier alpha value is -2.06. The molecule has 0 aliphatic heterocycles. The van der Waals surface area contributed by atoms with E-state index < -0.39 is 5.56 Å². The second-order valence-corrected chi connectivity index (χ2v) is 5.92. The number of aryl methyl sites for hydroxylation is 2. The summed E-state index contributed by atoms with van der Waals surface area (Å²) in [5, 5.41) is 10.9. The number of rotatable bonds is 4. The molecule has 0 saturated heterocycles. The van der Waals surface area contributed by atoms with Crippen molar-refractivity contribution in [1.82, 2.24) is 14.9 Å². The summed E-state index contributed by atoms with van der Waals surface area (Å²) in [6, 6.07) is 5.23. The molecule has 0 bridgehead atoms. The van der Waals surface area contributed by atoms with Crippen molar-refractivity contribution in [3.8, 4) is 0 Å². The minimum atomic E-state index is -0.441. The number of hydrogen-bond donors (Lipinski definition) is 2. The van der Waals surface area contributed by atoms with Crippen LogP contribution in [0.4, 0.5) is 5.69 Å². The Balaban J connectivity index is 2.03. The lowest BCUT2D eigenvalue weighted by Crippen LogP contribution is -2.32. The number of thioether (sulfide) groups is 1. The Morgan fingerprint density at radius 2 is 2.14 bits per heavy atom. The van der Waals surface area contributed by atoms with Crippen molar-refractivity contribution in [2.75, 3.05) is 16.9 Å². The van der Waals surface area contributed by atoms with Gasteiger partial charge in [0.05, 0.1) is 5.75 Å². The lowest BCUT2D eigenvalue weighted by atomic mass is 10.2. The summed E-state index contributed by atoms with van der Waals surface area (Å²) in [6.45, 7) is 3.38. The Kier molecular flexibility index (Phi) is 5.04. The first-order valence-corrected chi connectivity index (χ1v) is 7.65. The fourth-order valence-corrected chi connectivity index (χ4v) is 2.44. The van der Waals surface area contributed by atoms with Crippen LogP contribution in [-0.4, -0.2) is 26.5 Å². The van der Waals surface area contributed by atoms with Crippen LogP contribution in [0.3, 0.4) is 0 Å². The van der Waals surface area contributed by atoms with Crippen molar-refractivity contribution >= 4 is 35.0 Å². The lowest BCUT2D eigenvalue weighted by molar-refractivity contribution is -0.113. The van der Waals surface area contributed by atoms with Gasteiger partial charge in [-0.1, -0.05) is 29.4 Å². The van der Waals surface area contributed by atoms with E-state index in [1.165, 1.54) is 6.92 Å². The fraction of sp³-hybridized carbons (Fsp3) is 0.231. The molecule has 0 aliphatic carbocycles. The SMILES string of the molecule is Cc1ccc(Cl)cc1NC(=O)CSc1nnc(C)c(=O)n1N. The minimum Gasteiger partial charge on any atom is -0.334 e. The van der Waals surface area contributed by atoms with Crippen LogP contribution in [0.25, 0.3) is 0 Å². The highest BCUT2D eigenvalue weighted by Crippen LogP contribution is 2.20. The third-order valence-electron chi connectivity index (χ3n) is 2.83. The van der Waals surface area contributed by atoms with Crippen molar-refractivity contribution in [3.63, 3.8) is 0 Å². The second kappa shape index (κ2) is 6.80. The zero-order chi connectivity index (χ0) is 16.3. The first kappa shape index (κ1) is 16.3. The van der Waals surface area contributed by atoms with Gasteiger partial charge in [0.15, 0.2) is 0 Å². The molecule has 0 atom stereocenters. The van der Waals surface area contributed by atoms with E-state index in [0.717, 1.165) is 22.0 Å². The Labute approximate surface area is 135 Å². The smallest absolute Gasteiger partial charge is 0.294 e. The molecule has 2 aromatic rings. The van der Waals surface area contributed by atoms with Crippen LogP contribution >= 0.6 is 23.4 Å². The van der Waals surface area contributed by atoms with Gasteiger partial charge in [0.2, 0.25) is 11.1 Å². The van der Waals surface area contributed by atoms with E-state index >= 15 is 0 Å². The number of nitrogens with zero attached hydrogens (tertiary/aromatic N) is 3. The average Bonchev–Trinajstić information content (AvgIpc) is 2.48. The van der Waals surface area contributed by atoms with Crippen LogP contribution < -0.4 is 16.7 Å². The fourth-order valence-electron chi connectivity index (χ4n) is 1.61. The normalized spacial score (nSPS) is 10.5. The molecule has 7 nitrogen and oxygen atoms in total. The third-order valence-corrected chi connectivity index (χ3v) is 4.00. The number of hydrogen-bond acceptors (Lipinski definition) is 6. The number of anilines is 1. The van der Waals surface area contributed by atoms with Crippen LogP contribution in [0.2, 0.25) is 5.02 Å². The van der Waals surface area contributed by atoms with E-state index in [4.69, 9.17) is 17.4 Å². The summed E-state index contributed by atoms with van der Waals surface area (Å²) >= 11 is 6.92. The molecule has 9 heteroatoms. The van der Waals surface area contributed by atoms with Crippen molar-refractivity contribution in [2.45, 2.75) is 19.0 Å². The van der Waals surface area contributed by atoms with Gasteiger partial charge in [0.1, 0.15) is 5.69 Å². The van der Waals surface area contributed by atoms with E-state index in [0.29, 0.717) is 10.7 Å². The summed E-state index contributed by atoms with van der Waals surface area (Å²) in [5.74, 6) is 5.38. The second-order valence-electron chi connectivity index (χ2n) is 4.54. The molecular weight excluding hydrogens is 326 g/mol. The van der Waals surface area contributed by atoms with Crippen molar-refractivity contribution in [1.29, 1.82) is 0 Å². The highest BCUT2D eigenvalue weighted by atomic mass is 35.5. The van der Waals surface area contributed by atoms with Crippen molar-refractivity contribution < 1.29 is 4.79 Å². The van der Waals surface area contributed by atoms with Crippen molar-refractivity contribution in [2.24, 2.45) is 0 Å². The van der Waals surface area contributed by atoms with E-state index in [1.54, 1.807) is 12.1 Å². The summed E-state index contributed by atoms with van der Waals surface area (Å²) in [6.07, 6.45) is 0. The van der Waals surface area contributed by atoms with Crippen molar-refractivity contribution in [3.05, 3.63) is 44.8 Å². The number of nitrogen functional groups attached to an aromatic ring is 1. The number of carbonyl (C=O) groups is 1. The van der Waals surface area contributed by atoms with Crippen LogP contribution in [-0.2, 0) is 4.79 Å². The number of carbonyl (C=O) groups excluding carboxylic acids is 1. The molecule has 1 amide bonds. The topological polar surface area (TPSA) is 103 Å². The number of nitrogens with two attached hydrogens (primary N) is 1. The molecule has 116 valence electrons. The van der Waals surface area contributed by atoms with Gasteiger partial charge in [-0.2, -0.15) is 4.68 Å². The molecule has 0 aliphatic rings. The maximum Gasteiger partial charge on any atom is 0.294 e. The molecule has 1 aromatic heterocycles. The molecule has 2 rings (SSSR count). The maximum absolute atomic E-state index is 12.0. The van der Waals surface area contributed by atoms with Gasteiger partial charge in [-0.05, 0) is 31.5 Å². The zero-order valence-corrected chi connectivity index (χ0v) is 13.5. The molecular formula is C13H14ClN5O2S. The Morgan fingerprint density at radius 3 is 2.86 bits per heavy atom. The van der Waals surface area contributed by atoms with Gasteiger partial charge in [-0.25, -0.2) is 0 Å². The molecule has 22 heavy (non-hydrogen) atoms. The van der Waals surface area contributed by atoms with Gasteiger partial charge in [-0.15, -0.1) is 10.2 Å².